The van der Waals surface area contributed by atoms with Gasteiger partial charge in [-0.25, -0.2) is 4.79 Å². The topological polar surface area (TPSA) is 73.5 Å². The van der Waals surface area contributed by atoms with Crippen LogP contribution in [0.5, 0.6) is 0 Å². The summed E-state index contributed by atoms with van der Waals surface area (Å²) in [6, 6.07) is 11.1. The third-order valence-corrected chi connectivity index (χ3v) is 5.26. The van der Waals surface area contributed by atoms with Crippen LogP contribution in [0.25, 0.3) is 0 Å². The van der Waals surface area contributed by atoms with Gasteiger partial charge in [0.1, 0.15) is 0 Å². The first kappa shape index (κ1) is 18.4. The Labute approximate surface area is 157 Å². The molecule has 1 fully saturated rings. The summed E-state index contributed by atoms with van der Waals surface area (Å²) >= 11 is 1.68. The highest BCUT2D eigenvalue weighted by atomic mass is 32.1. The second-order valence-corrected chi connectivity index (χ2v) is 7.65. The molecule has 1 atom stereocenters. The van der Waals surface area contributed by atoms with Gasteiger partial charge in [-0.2, -0.15) is 0 Å². The zero-order valence-electron chi connectivity index (χ0n) is 15.0. The van der Waals surface area contributed by atoms with E-state index in [0.717, 1.165) is 12.8 Å². The van der Waals surface area contributed by atoms with Gasteiger partial charge in [0.05, 0.1) is 6.04 Å². The fourth-order valence-corrected chi connectivity index (χ4v) is 3.57. The van der Waals surface area contributed by atoms with Crippen molar-refractivity contribution < 1.29 is 9.59 Å². The van der Waals surface area contributed by atoms with Gasteiger partial charge in [-0.1, -0.05) is 12.1 Å². The van der Waals surface area contributed by atoms with E-state index < -0.39 is 0 Å². The van der Waals surface area contributed by atoms with Gasteiger partial charge < -0.3 is 20.9 Å². The van der Waals surface area contributed by atoms with Crippen molar-refractivity contribution in [3.05, 3.63) is 46.7 Å². The molecule has 1 aliphatic carbocycles. The summed E-state index contributed by atoms with van der Waals surface area (Å²) in [5.41, 5.74) is 1.35. The van der Waals surface area contributed by atoms with Gasteiger partial charge in [0.15, 0.2) is 0 Å². The first-order valence-electron chi connectivity index (χ1n) is 8.68. The Morgan fingerprint density at radius 1 is 1.15 bits per heavy atom. The molecular weight excluding hydrogens is 348 g/mol. The Morgan fingerprint density at radius 2 is 1.88 bits per heavy atom. The van der Waals surface area contributed by atoms with Gasteiger partial charge in [-0.05, 0) is 56.6 Å². The predicted octanol–water partition coefficient (Wildman–Crippen LogP) is 3.52. The van der Waals surface area contributed by atoms with Gasteiger partial charge in [-0.3, -0.25) is 4.79 Å². The van der Waals surface area contributed by atoms with Crippen LogP contribution in [0.1, 0.15) is 23.8 Å². The molecule has 3 rings (SSSR count). The molecule has 0 spiro atoms. The summed E-state index contributed by atoms with van der Waals surface area (Å²) in [4.78, 5) is 27.4. The van der Waals surface area contributed by atoms with E-state index in [4.69, 9.17) is 0 Å². The number of hydrogen-bond donors (Lipinski definition) is 3. The lowest BCUT2D eigenvalue weighted by Crippen LogP contribution is -2.36. The van der Waals surface area contributed by atoms with Gasteiger partial charge in [0.2, 0.25) is 5.91 Å². The smallest absolute Gasteiger partial charge is 0.319 e. The molecule has 0 bridgehead atoms. The maximum absolute atomic E-state index is 12.2. The Balaban J connectivity index is 1.53. The number of nitrogens with one attached hydrogen (secondary N) is 3. The lowest BCUT2D eigenvalue weighted by Gasteiger charge is -2.23. The van der Waals surface area contributed by atoms with Crippen LogP contribution in [0.4, 0.5) is 16.2 Å². The number of carbonyl (C=O) groups excluding carboxylic acids is 2. The SMILES string of the molecule is CN(C)[C@@H](CNC(=O)Nc1cccc(NC(=O)C2CC2)c1)c1cccs1. The molecule has 3 amide bonds. The van der Waals surface area contributed by atoms with Crippen LogP contribution in [0.2, 0.25) is 0 Å². The normalized spacial score (nSPS) is 14.7. The van der Waals surface area contributed by atoms with Crippen molar-refractivity contribution in [2.75, 3.05) is 31.3 Å². The summed E-state index contributed by atoms with van der Waals surface area (Å²) in [6.45, 7) is 0.511. The van der Waals surface area contributed by atoms with Crippen LogP contribution >= 0.6 is 11.3 Å². The third kappa shape index (κ3) is 5.06. The van der Waals surface area contributed by atoms with Gasteiger partial charge in [0.25, 0.3) is 0 Å². The van der Waals surface area contributed by atoms with Crippen LogP contribution in [-0.4, -0.2) is 37.5 Å². The number of anilines is 2. The van der Waals surface area contributed by atoms with Crippen molar-refractivity contribution in [2.45, 2.75) is 18.9 Å². The van der Waals surface area contributed by atoms with E-state index in [0.29, 0.717) is 17.9 Å². The van der Waals surface area contributed by atoms with Gasteiger partial charge >= 0.3 is 6.03 Å². The minimum atomic E-state index is -0.265. The van der Waals surface area contributed by atoms with E-state index >= 15 is 0 Å². The largest absolute Gasteiger partial charge is 0.336 e. The maximum Gasteiger partial charge on any atom is 0.319 e. The number of benzene rings is 1. The van der Waals surface area contributed by atoms with Crippen LogP contribution in [-0.2, 0) is 4.79 Å². The molecule has 1 aliphatic rings. The number of nitrogens with zero attached hydrogens (tertiary/aromatic N) is 1. The van der Waals surface area contributed by atoms with Crippen LogP contribution in [0, 0.1) is 5.92 Å². The van der Waals surface area contributed by atoms with E-state index in [-0.39, 0.29) is 23.9 Å². The van der Waals surface area contributed by atoms with E-state index in [2.05, 4.69) is 26.9 Å². The molecule has 0 radical (unpaired) electrons. The summed E-state index contributed by atoms with van der Waals surface area (Å²) in [6.07, 6.45) is 1.92. The highest BCUT2D eigenvalue weighted by molar-refractivity contribution is 7.10. The molecule has 3 N–H and O–H groups in total. The van der Waals surface area contributed by atoms with Crippen molar-refractivity contribution in [1.29, 1.82) is 0 Å². The molecule has 1 saturated carbocycles. The molecule has 1 aromatic carbocycles. The number of amides is 3. The van der Waals surface area contributed by atoms with E-state index in [1.54, 1.807) is 23.5 Å². The highest BCUT2D eigenvalue weighted by Gasteiger charge is 2.29. The van der Waals surface area contributed by atoms with Crippen LogP contribution < -0.4 is 16.0 Å². The lowest BCUT2D eigenvalue weighted by molar-refractivity contribution is -0.117. The van der Waals surface area contributed by atoms with Crippen LogP contribution in [0.3, 0.4) is 0 Å². The summed E-state index contributed by atoms with van der Waals surface area (Å²) < 4.78 is 0. The number of thiophene rings is 1. The number of likely N-dealkylation sites (N-methyl/N-ethyl adjacent to an activating group) is 1. The molecule has 0 saturated heterocycles. The summed E-state index contributed by atoms with van der Waals surface area (Å²) in [5.74, 6) is 0.200. The van der Waals surface area contributed by atoms with Crippen molar-refractivity contribution in [2.24, 2.45) is 5.92 Å². The van der Waals surface area contributed by atoms with Crippen molar-refractivity contribution >= 4 is 34.6 Å². The molecule has 6 nitrogen and oxygen atoms in total. The second kappa shape index (κ2) is 8.33. The Kier molecular flexibility index (Phi) is 5.90. The zero-order chi connectivity index (χ0) is 18.5. The average Bonchev–Trinajstić information content (AvgIpc) is 3.32. The van der Waals surface area contributed by atoms with Gasteiger partial charge in [-0.15, -0.1) is 11.3 Å². The molecule has 2 aromatic rings. The molecule has 0 unspecified atom stereocenters. The minimum Gasteiger partial charge on any atom is -0.336 e. The fourth-order valence-electron chi connectivity index (χ4n) is 2.65. The minimum absolute atomic E-state index is 0.0522. The van der Waals surface area contributed by atoms with Crippen molar-refractivity contribution in [3.63, 3.8) is 0 Å². The summed E-state index contributed by atoms with van der Waals surface area (Å²) in [7, 11) is 3.99. The Hall–Kier alpha value is -2.38. The molecular formula is C19H24N4O2S. The first-order chi connectivity index (χ1) is 12.5. The van der Waals surface area contributed by atoms with E-state index in [9.17, 15) is 9.59 Å². The maximum atomic E-state index is 12.2. The molecule has 138 valence electrons. The Bertz CT molecular complexity index is 757. The zero-order valence-corrected chi connectivity index (χ0v) is 15.8. The number of urea groups is 1. The molecule has 26 heavy (non-hydrogen) atoms. The predicted molar refractivity (Wildman–Crippen MR) is 106 cm³/mol. The lowest BCUT2D eigenvalue weighted by atomic mass is 10.2. The molecule has 1 aromatic heterocycles. The highest BCUT2D eigenvalue weighted by Crippen LogP contribution is 2.30. The van der Waals surface area contributed by atoms with Gasteiger partial charge in [0, 0.05) is 28.7 Å². The van der Waals surface area contributed by atoms with Crippen molar-refractivity contribution in [1.82, 2.24) is 10.2 Å². The summed E-state index contributed by atoms with van der Waals surface area (Å²) in [5, 5.41) is 10.7. The number of carbonyl (C=O) groups is 2. The first-order valence-corrected chi connectivity index (χ1v) is 9.56. The monoisotopic (exact) mass is 372 g/mol. The third-order valence-electron chi connectivity index (χ3n) is 4.29. The molecule has 0 aliphatic heterocycles. The number of hydrogen-bond acceptors (Lipinski definition) is 4. The van der Waals surface area contributed by atoms with E-state index in [1.807, 2.05) is 37.7 Å². The average molecular weight is 372 g/mol. The van der Waals surface area contributed by atoms with E-state index in [1.165, 1.54) is 4.88 Å². The standard InChI is InChI=1S/C19H24N4O2S/c1-23(2)16(17-7-4-10-26-17)12-20-19(25)22-15-6-3-5-14(11-15)21-18(24)13-8-9-13/h3-7,10-11,13,16H,8-9,12H2,1-2H3,(H,21,24)(H2,20,22,25)/t16-/m0/s1. The quantitative estimate of drug-likeness (QED) is 0.696. The van der Waals surface area contributed by atoms with Crippen molar-refractivity contribution in [3.8, 4) is 0 Å². The fraction of sp³-hybridized carbons (Fsp3) is 0.368. The Morgan fingerprint density at radius 3 is 2.50 bits per heavy atom. The molecule has 1 heterocycles. The number of rotatable bonds is 7. The molecule has 7 heteroatoms. The van der Waals surface area contributed by atoms with Crippen LogP contribution in [0.15, 0.2) is 41.8 Å². The second-order valence-electron chi connectivity index (χ2n) is 6.67.